The predicted molar refractivity (Wildman–Crippen MR) is 101 cm³/mol. The third-order valence-corrected chi connectivity index (χ3v) is 5.13. The highest BCUT2D eigenvalue weighted by Crippen LogP contribution is 2.29. The Hall–Kier alpha value is -1.01. The smallest absolute Gasteiger partial charge is 0.410 e. The maximum absolute atomic E-state index is 12.6. The minimum atomic E-state index is -0.565. The number of carbonyl (C=O) groups is 2. The van der Waals surface area contributed by atoms with Crippen LogP contribution >= 0.6 is 11.6 Å². The molecular formula is C19H33ClN2O4. The van der Waals surface area contributed by atoms with E-state index in [-0.39, 0.29) is 30.1 Å². The lowest BCUT2D eigenvalue weighted by Gasteiger charge is -2.45. The highest BCUT2D eigenvalue weighted by molar-refractivity contribution is 6.17. The largest absolute Gasteiger partial charge is 0.449 e. The van der Waals surface area contributed by atoms with Gasteiger partial charge in [0, 0.05) is 32.2 Å². The van der Waals surface area contributed by atoms with Gasteiger partial charge in [-0.05, 0) is 45.4 Å². The molecule has 2 aliphatic heterocycles. The van der Waals surface area contributed by atoms with Gasteiger partial charge in [-0.3, -0.25) is 9.69 Å². The van der Waals surface area contributed by atoms with Gasteiger partial charge in [0.05, 0.1) is 5.92 Å². The van der Waals surface area contributed by atoms with Crippen molar-refractivity contribution in [1.29, 1.82) is 0 Å². The molecule has 7 heteroatoms. The van der Waals surface area contributed by atoms with Gasteiger partial charge in [0.25, 0.3) is 0 Å². The molecule has 0 N–H and O–H groups in total. The number of amides is 1. The second kappa shape index (κ2) is 8.79. The standard InChI is InChI=1S/C19H33ClN2O4/c1-13-6-14(2)9-21(8-13)16-7-15(17(23)25-12-20)10-22(11-16)18(24)26-19(3,4)5/h13-16H,6-12H2,1-5H3. The average Bonchev–Trinajstić information content (AvgIpc) is 2.52. The van der Waals surface area contributed by atoms with E-state index in [4.69, 9.17) is 21.1 Å². The molecule has 0 aromatic rings. The van der Waals surface area contributed by atoms with Crippen LogP contribution in [0.3, 0.4) is 0 Å². The third kappa shape index (κ3) is 6.02. The molecule has 2 saturated heterocycles. The fraction of sp³-hybridized carbons (Fsp3) is 0.895. The number of hydrogen-bond acceptors (Lipinski definition) is 5. The number of alkyl halides is 1. The van der Waals surface area contributed by atoms with Crippen molar-refractivity contribution in [2.75, 3.05) is 32.2 Å². The summed E-state index contributed by atoms with van der Waals surface area (Å²) in [6.45, 7) is 13.0. The maximum Gasteiger partial charge on any atom is 0.410 e. The molecule has 0 aromatic carbocycles. The maximum atomic E-state index is 12.6. The van der Waals surface area contributed by atoms with Gasteiger partial charge in [-0.1, -0.05) is 25.4 Å². The minimum Gasteiger partial charge on any atom is -0.449 e. The number of likely N-dealkylation sites (tertiary alicyclic amines) is 2. The van der Waals surface area contributed by atoms with Crippen molar-refractivity contribution in [1.82, 2.24) is 9.80 Å². The van der Waals surface area contributed by atoms with Gasteiger partial charge >= 0.3 is 12.1 Å². The molecule has 2 aliphatic rings. The van der Waals surface area contributed by atoms with E-state index in [2.05, 4.69) is 18.7 Å². The average molecular weight is 389 g/mol. The molecule has 26 heavy (non-hydrogen) atoms. The molecule has 150 valence electrons. The molecule has 1 amide bonds. The quantitative estimate of drug-likeness (QED) is 0.548. The van der Waals surface area contributed by atoms with Crippen molar-refractivity contribution in [2.45, 2.75) is 59.1 Å². The van der Waals surface area contributed by atoms with Crippen LogP contribution in [0.15, 0.2) is 0 Å². The number of rotatable bonds is 3. The second-order valence-corrected chi connectivity index (χ2v) is 9.16. The Labute approximate surface area is 162 Å². The first-order valence-electron chi connectivity index (χ1n) is 9.53. The summed E-state index contributed by atoms with van der Waals surface area (Å²) in [6, 6.07) is -0.0288. The summed E-state index contributed by atoms with van der Waals surface area (Å²) in [4.78, 5) is 29.0. The molecular weight excluding hydrogens is 356 g/mol. The van der Waals surface area contributed by atoms with E-state index in [9.17, 15) is 9.59 Å². The Morgan fingerprint density at radius 2 is 1.65 bits per heavy atom. The highest BCUT2D eigenvalue weighted by Gasteiger charge is 2.40. The van der Waals surface area contributed by atoms with Crippen molar-refractivity contribution in [3.63, 3.8) is 0 Å². The van der Waals surface area contributed by atoms with Crippen LogP contribution in [0.25, 0.3) is 0 Å². The Bertz CT molecular complexity index is 498. The summed E-state index contributed by atoms with van der Waals surface area (Å²) in [6.07, 6.45) is 1.54. The van der Waals surface area contributed by atoms with E-state index in [1.54, 1.807) is 4.90 Å². The van der Waals surface area contributed by atoms with E-state index in [0.29, 0.717) is 31.3 Å². The van der Waals surface area contributed by atoms with Crippen molar-refractivity contribution in [3.05, 3.63) is 0 Å². The number of halogens is 1. The van der Waals surface area contributed by atoms with Crippen LogP contribution < -0.4 is 0 Å². The van der Waals surface area contributed by atoms with Gasteiger partial charge in [-0.25, -0.2) is 4.79 Å². The van der Waals surface area contributed by atoms with E-state index in [1.807, 2.05) is 20.8 Å². The zero-order valence-corrected chi connectivity index (χ0v) is 17.4. The molecule has 0 aliphatic carbocycles. The van der Waals surface area contributed by atoms with E-state index >= 15 is 0 Å². The van der Waals surface area contributed by atoms with E-state index in [0.717, 1.165) is 13.1 Å². The Morgan fingerprint density at radius 1 is 1.04 bits per heavy atom. The fourth-order valence-corrected chi connectivity index (χ4v) is 4.27. The minimum absolute atomic E-state index is 0.134. The molecule has 2 heterocycles. The predicted octanol–water partition coefficient (Wildman–Crippen LogP) is 3.33. The summed E-state index contributed by atoms with van der Waals surface area (Å²) < 4.78 is 10.6. The number of ether oxygens (including phenoxy) is 2. The Kier molecular flexibility index (Phi) is 7.19. The third-order valence-electron chi connectivity index (χ3n) is 5.02. The fourth-order valence-electron chi connectivity index (χ4n) is 4.16. The molecule has 0 saturated carbocycles. The van der Waals surface area contributed by atoms with Crippen LogP contribution in [-0.2, 0) is 14.3 Å². The number of esters is 1. The SMILES string of the molecule is CC1CC(C)CN(C2CC(C(=O)OCCl)CN(C(=O)OC(C)(C)C)C2)C1. The second-order valence-electron chi connectivity index (χ2n) is 8.94. The van der Waals surface area contributed by atoms with Gasteiger partial charge in [0.2, 0.25) is 0 Å². The van der Waals surface area contributed by atoms with Crippen molar-refractivity contribution in [2.24, 2.45) is 17.8 Å². The summed E-state index contributed by atoms with van der Waals surface area (Å²) >= 11 is 5.57. The number of carbonyl (C=O) groups excluding carboxylic acids is 2. The topological polar surface area (TPSA) is 59.1 Å². The van der Waals surface area contributed by atoms with Gasteiger partial charge < -0.3 is 14.4 Å². The van der Waals surface area contributed by atoms with Gasteiger partial charge in [0.1, 0.15) is 5.60 Å². The number of piperidine rings is 2. The van der Waals surface area contributed by atoms with Crippen molar-refractivity contribution in [3.8, 4) is 0 Å². The summed E-state index contributed by atoms with van der Waals surface area (Å²) in [5.74, 6) is 0.525. The molecule has 4 atom stereocenters. The molecule has 2 fully saturated rings. The molecule has 4 unspecified atom stereocenters. The lowest BCUT2D eigenvalue weighted by molar-refractivity contribution is -0.149. The summed E-state index contributed by atoms with van der Waals surface area (Å²) in [5.41, 5.74) is -0.565. The lowest BCUT2D eigenvalue weighted by Crippen LogP contribution is -2.57. The summed E-state index contributed by atoms with van der Waals surface area (Å²) in [5, 5.41) is 0. The van der Waals surface area contributed by atoms with E-state index in [1.165, 1.54) is 6.42 Å². The molecule has 0 radical (unpaired) electrons. The molecule has 0 bridgehead atoms. The molecule has 0 spiro atoms. The number of hydrogen-bond donors (Lipinski definition) is 0. The van der Waals surface area contributed by atoms with Crippen LogP contribution in [0.5, 0.6) is 0 Å². The monoisotopic (exact) mass is 388 g/mol. The Morgan fingerprint density at radius 3 is 2.19 bits per heavy atom. The normalized spacial score (nSPS) is 30.8. The van der Waals surface area contributed by atoms with Crippen LogP contribution in [0.4, 0.5) is 4.79 Å². The van der Waals surface area contributed by atoms with Crippen LogP contribution in [0.2, 0.25) is 0 Å². The van der Waals surface area contributed by atoms with Crippen molar-refractivity contribution < 1.29 is 19.1 Å². The van der Waals surface area contributed by atoms with Gasteiger partial charge in [-0.15, -0.1) is 0 Å². The van der Waals surface area contributed by atoms with Crippen molar-refractivity contribution >= 4 is 23.7 Å². The van der Waals surface area contributed by atoms with Crippen LogP contribution in [-0.4, -0.2) is 65.8 Å². The van der Waals surface area contributed by atoms with E-state index < -0.39 is 5.60 Å². The zero-order chi connectivity index (χ0) is 19.5. The van der Waals surface area contributed by atoms with Crippen LogP contribution in [0, 0.1) is 17.8 Å². The molecule has 2 rings (SSSR count). The highest BCUT2D eigenvalue weighted by atomic mass is 35.5. The first-order valence-corrected chi connectivity index (χ1v) is 10.1. The first kappa shape index (κ1) is 21.3. The van der Waals surface area contributed by atoms with Gasteiger partial charge in [0.15, 0.2) is 6.07 Å². The Balaban J connectivity index is 2.13. The van der Waals surface area contributed by atoms with Crippen LogP contribution in [0.1, 0.15) is 47.5 Å². The lowest BCUT2D eigenvalue weighted by atomic mass is 9.87. The first-order chi connectivity index (χ1) is 12.1. The molecule has 0 aromatic heterocycles. The van der Waals surface area contributed by atoms with Gasteiger partial charge in [-0.2, -0.15) is 0 Å². The zero-order valence-electron chi connectivity index (χ0n) is 16.7. The number of nitrogens with zero attached hydrogens (tertiary/aromatic N) is 2. The molecule has 6 nitrogen and oxygen atoms in total. The summed E-state index contributed by atoms with van der Waals surface area (Å²) in [7, 11) is 0.